The fraction of sp³-hybridized carbons (Fsp3) is 0.400. The van der Waals surface area contributed by atoms with E-state index in [2.05, 4.69) is 46.9 Å². The third-order valence-electron chi connectivity index (χ3n) is 2.39. The van der Waals surface area contributed by atoms with Crippen LogP contribution in [0.15, 0.2) is 24.3 Å². The van der Waals surface area contributed by atoms with E-state index < -0.39 is 0 Å². The van der Waals surface area contributed by atoms with Gasteiger partial charge in [-0.25, -0.2) is 0 Å². The molecule has 72 valence electrons. The van der Waals surface area contributed by atoms with Gasteiger partial charge in [-0.3, -0.25) is 0 Å². The van der Waals surface area contributed by atoms with Crippen LogP contribution >= 0.6 is 35.0 Å². The molecule has 1 aromatic rings. The molecule has 2 N–H and O–H groups in total. The Labute approximate surface area is 98.6 Å². The van der Waals surface area contributed by atoms with E-state index in [0.717, 1.165) is 5.92 Å². The Morgan fingerprint density at radius 3 is 2.46 bits per heavy atom. The lowest BCUT2D eigenvalue weighted by Crippen LogP contribution is -2.13. The lowest BCUT2D eigenvalue weighted by molar-refractivity contribution is 0.630. The zero-order valence-electron chi connectivity index (χ0n) is 7.24. The summed E-state index contributed by atoms with van der Waals surface area (Å²) in [5, 5.41) is 0. The van der Waals surface area contributed by atoms with Crippen LogP contribution in [0.3, 0.4) is 0 Å². The van der Waals surface area contributed by atoms with Crippen molar-refractivity contribution in [1.82, 2.24) is 0 Å². The molecule has 0 amide bonds. The topological polar surface area (TPSA) is 26.0 Å². The highest BCUT2D eigenvalue weighted by Crippen LogP contribution is 2.40. The van der Waals surface area contributed by atoms with Crippen LogP contribution < -0.4 is 5.73 Å². The number of halogens is 2. The summed E-state index contributed by atoms with van der Waals surface area (Å²) < 4.78 is 1.30. The van der Waals surface area contributed by atoms with Crippen LogP contribution in [0.1, 0.15) is 24.4 Å². The minimum absolute atomic E-state index is 0. The molecule has 1 saturated carbocycles. The van der Waals surface area contributed by atoms with E-state index in [1.807, 2.05) is 0 Å². The number of hydrogen-bond acceptors (Lipinski definition) is 1. The van der Waals surface area contributed by atoms with E-state index >= 15 is 0 Å². The third-order valence-corrected chi connectivity index (χ3v) is 3.38. The van der Waals surface area contributed by atoms with Gasteiger partial charge < -0.3 is 5.73 Å². The van der Waals surface area contributed by atoms with Crippen LogP contribution in [0.25, 0.3) is 0 Å². The zero-order valence-corrected chi connectivity index (χ0v) is 10.2. The molecule has 0 aliphatic heterocycles. The quantitative estimate of drug-likeness (QED) is 0.835. The van der Waals surface area contributed by atoms with E-state index in [0.29, 0.717) is 0 Å². The average Bonchev–Trinajstić information content (AvgIpc) is 2.86. The Balaban J connectivity index is 0.000000845. The van der Waals surface area contributed by atoms with E-state index in [1.165, 1.54) is 22.0 Å². The zero-order chi connectivity index (χ0) is 8.55. The van der Waals surface area contributed by atoms with Crippen LogP contribution in [0.2, 0.25) is 0 Å². The second kappa shape index (κ2) is 4.62. The lowest BCUT2D eigenvalue weighted by atomic mass is 10.0. The summed E-state index contributed by atoms with van der Waals surface area (Å²) in [6, 6.07) is 8.67. The van der Waals surface area contributed by atoms with Crippen molar-refractivity contribution in [3.05, 3.63) is 33.4 Å². The van der Waals surface area contributed by atoms with Crippen molar-refractivity contribution in [2.45, 2.75) is 18.9 Å². The number of hydrogen-bond donors (Lipinski definition) is 1. The summed E-state index contributed by atoms with van der Waals surface area (Å²) in [6.45, 7) is 0. The van der Waals surface area contributed by atoms with Gasteiger partial charge in [0.05, 0.1) is 0 Å². The Bertz CT molecular complexity index is 286. The molecule has 0 saturated heterocycles. The Kier molecular flexibility index (Phi) is 4.01. The first kappa shape index (κ1) is 11.3. The van der Waals surface area contributed by atoms with Crippen molar-refractivity contribution in [3.8, 4) is 0 Å². The molecular weight excluding hydrogens is 296 g/mol. The van der Waals surface area contributed by atoms with Gasteiger partial charge in [-0.05, 0) is 53.0 Å². The molecule has 3 heteroatoms. The summed E-state index contributed by atoms with van der Waals surface area (Å²) in [4.78, 5) is 0. The van der Waals surface area contributed by atoms with E-state index in [1.54, 1.807) is 0 Å². The molecular formula is C10H13ClIN. The van der Waals surface area contributed by atoms with Gasteiger partial charge in [-0.1, -0.05) is 18.2 Å². The van der Waals surface area contributed by atoms with Crippen molar-refractivity contribution in [2.75, 3.05) is 0 Å². The van der Waals surface area contributed by atoms with E-state index in [4.69, 9.17) is 5.73 Å². The predicted molar refractivity (Wildman–Crippen MR) is 66.1 cm³/mol. The van der Waals surface area contributed by atoms with Crippen molar-refractivity contribution >= 4 is 35.0 Å². The van der Waals surface area contributed by atoms with Crippen molar-refractivity contribution in [3.63, 3.8) is 0 Å². The molecule has 0 radical (unpaired) electrons. The first-order valence-electron chi connectivity index (χ1n) is 4.29. The van der Waals surface area contributed by atoms with Gasteiger partial charge in [0, 0.05) is 9.61 Å². The molecule has 13 heavy (non-hydrogen) atoms. The monoisotopic (exact) mass is 309 g/mol. The first-order valence-corrected chi connectivity index (χ1v) is 5.37. The molecule has 2 rings (SSSR count). The fourth-order valence-electron chi connectivity index (χ4n) is 1.45. The molecule has 0 bridgehead atoms. The first-order chi connectivity index (χ1) is 5.79. The molecule has 1 atom stereocenters. The van der Waals surface area contributed by atoms with Crippen LogP contribution in [0, 0.1) is 9.49 Å². The van der Waals surface area contributed by atoms with Crippen molar-refractivity contribution in [2.24, 2.45) is 11.7 Å². The van der Waals surface area contributed by atoms with Crippen LogP contribution in [-0.4, -0.2) is 0 Å². The standard InChI is InChI=1S/C10H12IN.ClH/c11-9-4-2-1-3-8(9)10(12)7-5-6-7;/h1-4,7,10H,5-6,12H2;1H/t10-;/m1./s1. The van der Waals surface area contributed by atoms with Gasteiger partial charge in [0.1, 0.15) is 0 Å². The highest BCUT2D eigenvalue weighted by atomic mass is 127. The molecule has 1 aliphatic carbocycles. The molecule has 0 aromatic heterocycles. The van der Waals surface area contributed by atoms with Crippen LogP contribution in [0.5, 0.6) is 0 Å². The Morgan fingerprint density at radius 2 is 1.92 bits per heavy atom. The summed E-state index contributed by atoms with van der Waals surface area (Å²) in [6.07, 6.45) is 2.62. The lowest BCUT2D eigenvalue weighted by Gasteiger charge is -2.11. The Morgan fingerprint density at radius 1 is 1.31 bits per heavy atom. The molecule has 0 spiro atoms. The van der Waals surface area contributed by atoms with Gasteiger partial charge in [0.2, 0.25) is 0 Å². The van der Waals surface area contributed by atoms with Crippen LogP contribution in [-0.2, 0) is 0 Å². The van der Waals surface area contributed by atoms with Crippen LogP contribution in [0.4, 0.5) is 0 Å². The van der Waals surface area contributed by atoms with Crippen molar-refractivity contribution in [1.29, 1.82) is 0 Å². The highest BCUT2D eigenvalue weighted by molar-refractivity contribution is 14.1. The highest BCUT2D eigenvalue weighted by Gasteiger charge is 2.30. The molecule has 1 aliphatic rings. The summed E-state index contributed by atoms with van der Waals surface area (Å²) in [5.74, 6) is 0.751. The second-order valence-corrected chi connectivity index (χ2v) is 4.55. The Hall–Kier alpha value is 0.200. The number of benzene rings is 1. The average molecular weight is 310 g/mol. The number of rotatable bonds is 2. The van der Waals surface area contributed by atoms with E-state index in [9.17, 15) is 0 Å². The molecule has 0 unspecified atom stereocenters. The maximum atomic E-state index is 6.10. The van der Waals surface area contributed by atoms with Crippen molar-refractivity contribution < 1.29 is 0 Å². The molecule has 1 nitrogen and oxygen atoms in total. The summed E-state index contributed by atoms with van der Waals surface area (Å²) in [5.41, 5.74) is 7.42. The third kappa shape index (κ3) is 2.58. The summed E-state index contributed by atoms with van der Waals surface area (Å²) >= 11 is 2.36. The fourth-order valence-corrected chi connectivity index (χ4v) is 2.20. The maximum absolute atomic E-state index is 6.10. The van der Waals surface area contributed by atoms with Gasteiger partial charge >= 0.3 is 0 Å². The predicted octanol–water partition coefficient (Wildman–Crippen LogP) is 3.12. The van der Waals surface area contributed by atoms with Gasteiger partial charge in [0.15, 0.2) is 0 Å². The SMILES string of the molecule is Cl.N[C@@H](c1ccccc1I)C1CC1. The number of nitrogens with two attached hydrogens (primary N) is 1. The minimum Gasteiger partial charge on any atom is -0.324 e. The smallest absolute Gasteiger partial charge is 0.0334 e. The van der Waals surface area contributed by atoms with E-state index in [-0.39, 0.29) is 18.4 Å². The maximum Gasteiger partial charge on any atom is 0.0334 e. The molecule has 1 fully saturated rings. The summed E-state index contributed by atoms with van der Waals surface area (Å²) in [7, 11) is 0. The minimum atomic E-state index is 0. The van der Waals surface area contributed by atoms with Gasteiger partial charge in [-0.2, -0.15) is 0 Å². The van der Waals surface area contributed by atoms with Gasteiger partial charge in [0.25, 0.3) is 0 Å². The molecule has 0 heterocycles. The largest absolute Gasteiger partial charge is 0.324 e. The van der Waals surface area contributed by atoms with Gasteiger partial charge in [-0.15, -0.1) is 12.4 Å². The second-order valence-electron chi connectivity index (χ2n) is 3.38. The normalized spacial score (nSPS) is 17.7. The molecule has 1 aromatic carbocycles.